The molecule has 0 saturated carbocycles. The first-order valence-electron chi connectivity index (χ1n) is 11.2. The molecule has 8 heteroatoms. The molecule has 0 aliphatic carbocycles. The Labute approximate surface area is 206 Å². The first-order valence-corrected chi connectivity index (χ1v) is 11.2. The van der Waals surface area contributed by atoms with Crippen molar-refractivity contribution in [2.24, 2.45) is 4.99 Å². The van der Waals surface area contributed by atoms with Crippen molar-refractivity contribution in [1.29, 1.82) is 0 Å². The minimum Gasteiger partial charge on any atom is -0.493 e. The Hall–Kier alpha value is -4.07. The van der Waals surface area contributed by atoms with E-state index in [0.29, 0.717) is 35.0 Å². The fourth-order valence-electron chi connectivity index (χ4n) is 3.36. The lowest BCUT2D eigenvalue weighted by Crippen LogP contribution is -2.36. The number of amides is 1. The minimum atomic E-state index is -0.279. The van der Waals surface area contributed by atoms with Crippen LogP contribution < -0.4 is 24.8 Å². The van der Waals surface area contributed by atoms with Crippen molar-refractivity contribution in [2.45, 2.75) is 32.7 Å². The summed E-state index contributed by atoms with van der Waals surface area (Å²) in [5.41, 5.74) is 3.24. The molecule has 0 saturated heterocycles. The molecule has 2 aromatic carbocycles. The highest BCUT2D eigenvalue weighted by Gasteiger charge is 2.17. The van der Waals surface area contributed by atoms with Gasteiger partial charge in [-0.15, -0.1) is 0 Å². The van der Waals surface area contributed by atoms with Gasteiger partial charge in [0.25, 0.3) is 5.91 Å². The van der Waals surface area contributed by atoms with Gasteiger partial charge in [-0.3, -0.25) is 15.1 Å². The monoisotopic (exact) mass is 476 g/mol. The molecule has 2 N–H and O–H groups in total. The van der Waals surface area contributed by atoms with E-state index >= 15 is 0 Å². The van der Waals surface area contributed by atoms with Crippen LogP contribution in [-0.4, -0.2) is 38.2 Å². The van der Waals surface area contributed by atoms with Crippen molar-refractivity contribution in [3.63, 3.8) is 0 Å². The molecular weight excluding hydrogens is 444 g/mol. The summed E-state index contributed by atoms with van der Waals surface area (Å²) in [6.07, 6.45) is 3.40. The first kappa shape index (κ1) is 25.6. The molecule has 0 fully saturated rings. The second-order valence-electron chi connectivity index (χ2n) is 8.84. The molecule has 0 radical (unpaired) electrons. The maximum absolute atomic E-state index is 13.1. The van der Waals surface area contributed by atoms with E-state index in [9.17, 15) is 4.79 Å². The molecule has 8 nitrogen and oxygen atoms in total. The van der Waals surface area contributed by atoms with Crippen LogP contribution in [0, 0.1) is 0 Å². The molecular formula is C27H32N4O4. The average Bonchev–Trinajstić information content (AvgIpc) is 2.86. The van der Waals surface area contributed by atoms with Gasteiger partial charge in [0.2, 0.25) is 11.7 Å². The fourth-order valence-corrected chi connectivity index (χ4v) is 3.36. The van der Waals surface area contributed by atoms with Crippen molar-refractivity contribution >= 4 is 17.6 Å². The summed E-state index contributed by atoms with van der Waals surface area (Å²) >= 11 is 0. The maximum atomic E-state index is 13.1. The Morgan fingerprint density at radius 1 is 0.914 bits per heavy atom. The topological polar surface area (TPSA) is 94.1 Å². The molecule has 1 amide bonds. The van der Waals surface area contributed by atoms with Crippen molar-refractivity contribution in [1.82, 2.24) is 10.3 Å². The van der Waals surface area contributed by atoms with Crippen LogP contribution in [0.15, 0.2) is 65.9 Å². The predicted octanol–water partition coefficient (Wildman–Crippen LogP) is 4.80. The number of carbonyl (C=O) groups is 1. The number of ether oxygens (including phenoxy) is 3. The fraction of sp³-hybridized carbons (Fsp3) is 0.296. The number of nitrogens with one attached hydrogen (secondary N) is 2. The molecule has 3 aromatic rings. The second-order valence-corrected chi connectivity index (χ2v) is 8.84. The number of nitrogens with zero attached hydrogens (tertiary/aromatic N) is 2. The van der Waals surface area contributed by atoms with E-state index < -0.39 is 0 Å². The zero-order valence-electron chi connectivity index (χ0n) is 21.0. The zero-order chi connectivity index (χ0) is 25.4. The van der Waals surface area contributed by atoms with E-state index in [1.807, 2.05) is 36.4 Å². The summed E-state index contributed by atoms with van der Waals surface area (Å²) < 4.78 is 16.3. The van der Waals surface area contributed by atoms with E-state index in [2.05, 4.69) is 41.4 Å². The summed E-state index contributed by atoms with van der Waals surface area (Å²) in [4.78, 5) is 21.7. The lowest BCUT2D eigenvalue weighted by Gasteiger charge is -2.19. The molecule has 0 spiro atoms. The molecule has 184 valence electrons. The van der Waals surface area contributed by atoms with Crippen LogP contribution in [-0.2, 0) is 12.0 Å². The van der Waals surface area contributed by atoms with E-state index in [-0.39, 0.29) is 17.3 Å². The van der Waals surface area contributed by atoms with Gasteiger partial charge in [-0.25, -0.2) is 4.99 Å². The van der Waals surface area contributed by atoms with E-state index in [0.717, 1.165) is 11.1 Å². The van der Waals surface area contributed by atoms with Gasteiger partial charge in [0.05, 0.1) is 27.9 Å². The van der Waals surface area contributed by atoms with Gasteiger partial charge in [-0.05, 0) is 40.8 Å². The third kappa shape index (κ3) is 6.72. The molecule has 0 atom stereocenters. The molecule has 0 aliphatic rings. The average molecular weight is 477 g/mol. The SMILES string of the molecule is COc1cc(NC(=NCc2ccncc2)NC(=O)c2ccc(C(C)(C)C)cc2)cc(OC)c1OC. The molecule has 0 unspecified atom stereocenters. The lowest BCUT2D eigenvalue weighted by molar-refractivity contribution is 0.0977. The van der Waals surface area contributed by atoms with Gasteiger partial charge in [-0.1, -0.05) is 32.9 Å². The highest BCUT2D eigenvalue weighted by Crippen LogP contribution is 2.39. The zero-order valence-corrected chi connectivity index (χ0v) is 21.0. The third-order valence-electron chi connectivity index (χ3n) is 5.34. The Balaban J connectivity index is 1.89. The summed E-state index contributed by atoms with van der Waals surface area (Å²) in [5.74, 6) is 1.43. The predicted molar refractivity (Wildman–Crippen MR) is 138 cm³/mol. The van der Waals surface area contributed by atoms with Crippen molar-refractivity contribution < 1.29 is 19.0 Å². The van der Waals surface area contributed by atoms with Crippen LogP contribution in [0.1, 0.15) is 42.3 Å². The van der Waals surface area contributed by atoms with Gasteiger partial charge >= 0.3 is 0 Å². The van der Waals surface area contributed by atoms with Gasteiger partial charge in [0, 0.05) is 35.8 Å². The minimum absolute atomic E-state index is 0.000198. The van der Waals surface area contributed by atoms with Gasteiger partial charge in [0.15, 0.2) is 11.5 Å². The van der Waals surface area contributed by atoms with Crippen molar-refractivity contribution in [2.75, 3.05) is 26.6 Å². The number of aromatic nitrogens is 1. The summed E-state index contributed by atoms with van der Waals surface area (Å²) in [6, 6.07) is 14.8. The second kappa shape index (κ2) is 11.4. The third-order valence-corrected chi connectivity index (χ3v) is 5.34. The maximum Gasteiger partial charge on any atom is 0.257 e. The number of carbonyl (C=O) groups excluding carboxylic acids is 1. The summed E-state index contributed by atoms with van der Waals surface area (Å²) in [5, 5.41) is 6.06. The standard InChI is InChI=1S/C27H32N4O4/c1-27(2,3)20-9-7-19(8-10-20)25(32)31-26(29-17-18-11-13-28-14-12-18)30-21-15-22(33-4)24(35-6)23(16-21)34-5/h7-16H,17H2,1-6H3,(H2,29,30,31,32). The number of aliphatic imine (C=N–C) groups is 1. The number of pyridine rings is 1. The normalized spacial score (nSPS) is 11.5. The van der Waals surface area contributed by atoms with Crippen molar-refractivity contribution in [3.8, 4) is 17.2 Å². The molecule has 3 rings (SSSR count). The van der Waals surface area contributed by atoms with Gasteiger partial charge in [0.1, 0.15) is 0 Å². The Morgan fingerprint density at radius 2 is 1.51 bits per heavy atom. The van der Waals surface area contributed by atoms with Crippen LogP contribution in [0.25, 0.3) is 0 Å². The Bertz CT molecular complexity index is 1150. The number of rotatable bonds is 7. The number of hydrogen-bond donors (Lipinski definition) is 2. The van der Waals surface area contributed by atoms with Crippen molar-refractivity contribution in [3.05, 3.63) is 77.6 Å². The molecule has 1 heterocycles. The number of anilines is 1. The number of guanidine groups is 1. The van der Waals surface area contributed by atoms with E-state index in [1.165, 1.54) is 0 Å². The van der Waals surface area contributed by atoms with Crippen LogP contribution in [0.3, 0.4) is 0 Å². The molecule has 0 bridgehead atoms. The number of hydrogen-bond acceptors (Lipinski definition) is 6. The Morgan fingerprint density at radius 3 is 2.03 bits per heavy atom. The smallest absolute Gasteiger partial charge is 0.257 e. The highest BCUT2D eigenvalue weighted by atomic mass is 16.5. The molecule has 35 heavy (non-hydrogen) atoms. The van der Waals surface area contributed by atoms with Gasteiger partial charge in [-0.2, -0.15) is 0 Å². The van der Waals surface area contributed by atoms with Crippen LogP contribution in [0.2, 0.25) is 0 Å². The van der Waals surface area contributed by atoms with Crippen LogP contribution in [0.4, 0.5) is 5.69 Å². The van der Waals surface area contributed by atoms with Crippen LogP contribution in [0.5, 0.6) is 17.2 Å². The summed E-state index contributed by atoms with van der Waals surface area (Å²) in [7, 11) is 4.63. The van der Waals surface area contributed by atoms with Gasteiger partial charge < -0.3 is 19.5 Å². The molecule has 1 aromatic heterocycles. The summed E-state index contributed by atoms with van der Waals surface area (Å²) in [6.45, 7) is 6.74. The largest absolute Gasteiger partial charge is 0.493 e. The first-order chi connectivity index (χ1) is 16.7. The number of methoxy groups -OCH3 is 3. The van der Waals surface area contributed by atoms with E-state index in [4.69, 9.17) is 14.2 Å². The quantitative estimate of drug-likeness (QED) is 0.376. The molecule has 0 aliphatic heterocycles. The van der Waals surface area contributed by atoms with Crippen LogP contribution >= 0.6 is 0 Å². The number of benzene rings is 2. The highest BCUT2D eigenvalue weighted by molar-refractivity contribution is 6.10. The Kier molecular flexibility index (Phi) is 8.30. The lowest BCUT2D eigenvalue weighted by atomic mass is 9.87. The van der Waals surface area contributed by atoms with E-state index in [1.54, 1.807) is 45.9 Å².